The van der Waals surface area contributed by atoms with Crippen molar-refractivity contribution >= 4 is 27.5 Å². The molecular formula is C15H16BrN3O. The molecule has 0 atom stereocenters. The van der Waals surface area contributed by atoms with E-state index in [1.165, 1.54) is 5.69 Å². The number of aromatic nitrogens is 2. The number of nitrogens with zero attached hydrogens (tertiary/aromatic N) is 2. The Labute approximate surface area is 126 Å². The van der Waals surface area contributed by atoms with Gasteiger partial charge in [0.25, 0.3) is 5.91 Å². The van der Waals surface area contributed by atoms with Crippen LogP contribution in [0.3, 0.4) is 0 Å². The number of anilines is 1. The Kier molecular flexibility index (Phi) is 3.38. The molecule has 1 aliphatic carbocycles. The Morgan fingerprint density at radius 3 is 2.95 bits per heavy atom. The molecule has 0 saturated carbocycles. The van der Waals surface area contributed by atoms with Crippen LogP contribution in [0.2, 0.25) is 0 Å². The third-order valence-electron chi connectivity index (χ3n) is 3.75. The van der Waals surface area contributed by atoms with Crippen molar-refractivity contribution in [2.24, 2.45) is 7.05 Å². The van der Waals surface area contributed by atoms with E-state index in [0.29, 0.717) is 5.69 Å². The van der Waals surface area contributed by atoms with Crippen LogP contribution in [0, 0.1) is 6.92 Å². The second-order valence-corrected chi connectivity index (χ2v) is 6.02. The minimum Gasteiger partial charge on any atom is -0.321 e. The summed E-state index contributed by atoms with van der Waals surface area (Å²) in [5, 5.41) is 7.30. The van der Waals surface area contributed by atoms with Crippen molar-refractivity contribution in [2.45, 2.75) is 26.2 Å². The first-order valence-corrected chi connectivity index (χ1v) is 7.48. The van der Waals surface area contributed by atoms with Gasteiger partial charge in [-0.15, -0.1) is 0 Å². The smallest absolute Gasteiger partial charge is 0.276 e. The van der Waals surface area contributed by atoms with E-state index >= 15 is 0 Å². The zero-order valence-electron chi connectivity index (χ0n) is 11.5. The van der Waals surface area contributed by atoms with E-state index in [2.05, 4.69) is 26.3 Å². The van der Waals surface area contributed by atoms with Gasteiger partial charge in [0, 0.05) is 28.5 Å². The number of benzene rings is 1. The number of nitrogens with one attached hydrogen (secondary N) is 1. The van der Waals surface area contributed by atoms with Crippen LogP contribution in [0.15, 0.2) is 22.7 Å². The normalized spacial score (nSPS) is 13.3. The third-order valence-corrected chi connectivity index (χ3v) is 4.64. The first-order valence-electron chi connectivity index (χ1n) is 6.68. The second-order valence-electron chi connectivity index (χ2n) is 5.17. The second kappa shape index (κ2) is 5.05. The van der Waals surface area contributed by atoms with Crippen molar-refractivity contribution in [3.8, 4) is 0 Å². The van der Waals surface area contributed by atoms with Gasteiger partial charge in [0.1, 0.15) is 0 Å². The molecule has 0 bridgehead atoms. The Balaban J connectivity index is 1.86. The molecule has 2 aromatic rings. The van der Waals surface area contributed by atoms with Crippen LogP contribution in [0.4, 0.5) is 5.69 Å². The molecule has 1 aliphatic rings. The van der Waals surface area contributed by atoms with Crippen molar-refractivity contribution < 1.29 is 4.79 Å². The van der Waals surface area contributed by atoms with Crippen LogP contribution < -0.4 is 5.32 Å². The summed E-state index contributed by atoms with van der Waals surface area (Å²) in [4.78, 5) is 12.4. The van der Waals surface area contributed by atoms with Crippen molar-refractivity contribution in [2.75, 3.05) is 5.32 Å². The summed E-state index contributed by atoms with van der Waals surface area (Å²) >= 11 is 3.46. The number of carbonyl (C=O) groups excluding carboxylic acids is 1. The lowest BCUT2D eigenvalue weighted by Crippen LogP contribution is -2.14. The Morgan fingerprint density at radius 2 is 2.20 bits per heavy atom. The summed E-state index contributed by atoms with van der Waals surface area (Å²) in [6.07, 6.45) is 3.08. The van der Waals surface area contributed by atoms with Gasteiger partial charge in [-0.2, -0.15) is 5.10 Å². The number of hydrogen-bond donors (Lipinski definition) is 1. The maximum atomic E-state index is 12.4. The largest absolute Gasteiger partial charge is 0.321 e. The fourth-order valence-corrected chi connectivity index (χ4v) is 2.95. The molecule has 0 saturated heterocycles. The number of carbonyl (C=O) groups is 1. The Hall–Kier alpha value is -1.62. The molecule has 5 heteroatoms. The maximum absolute atomic E-state index is 12.4. The molecule has 4 nitrogen and oxygen atoms in total. The van der Waals surface area contributed by atoms with Gasteiger partial charge in [-0.05, 0) is 49.9 Å². The molecule has 1 aromatic heterocycles. The zero-order valence-corrected chi connectivity index (χ0v) is 13.1. The molecular weight excluding hydrogens is 318 g/mol. The molecule has 0 unspecified atom stereocenters. The van der Waals surface area contributed by atoms with E-state index < -0.39 is 0 Å². The first-order chi connectivity index (χ1) is 9.56. The van der Waals surface area contributed by atoms with Crippen molar-refractivity contribution in [3.63, 3.8) is 0 Å². The number of aryl methyl sites for hydroxylation is 2. The fourth-order valence-electron chi connectivity index (χ4n) is 2.71. The maximum Gasteiger partial charge on any atom is 0.276 e. The highest BCUT2D eigenvalue weighted by molar-refractivity contribution is 9.10. The van der Waals surface area contributed by atoms with Gasteiger partial charge in [-0.25, -0.2) is 0 Å². The highest BCUT2D eigenvalue weighted by Crippen LogP contribution is 2.26. The molecule has 1 amide bonds. The highest BCUT2D eigenvalue weighted by atomic mass is 79.9. The van der Waals surface area contributed by atoms with E-state index in [4.69, 9.17) is 0 Å². The lowest BCUT2D eigenvalue weighted by atomic mass is 10.2. The topological polar surface area (TPSA) is 46.9 Å². The number of halogens is 1. The van der Waals surface area contributed by atoms with E-state index in [-0.39, 0.29) is 5.91 Å². The summed E-state index contributed by atoms with van der Waals surface area (Å²) in [7, 11) is 1.91. The summed E-state index contributed by atoms with van der Waals surface area (Å²) < 4.78 is 2.87. The van der Waals surface area contributed by atoms with Crippen molar-refractivity contribution in [1.29, 1.82) is 0 Å². The standard InChI is InChI=1S/C15H16BrN3O/c1-9-8-10(6-7-12(9)16)17-15(20)14-11-4-3-5-13(11)19(2)18-14/h6-8H,3-5H2,1-2H3,(H,17,20). The van der Waals surface area contributed by atoms with E-state index in [0.717, 1.165) is 40.5 Å². The molecule has 3 rings (SSSR count). The zero-order chi connectivity index (χ0) is 14.3. The van der Waals surface area contributed by atoms with Gasteiger partial charge in [0.15, 0.2) is 5.69 Å². The van der Waals surface area contributed by atoms with Crippen LogP contribution >= 0.6 is 15.9 Å². The minimum atomic E-state index is -0.120. The predicted octanol–water partition coefficient (Wildman–Crippen LogP) is 3.23. The van der Waals surface area contributed by atoms with Crippen molar-refractivity contribution in [3.05, 3.63) is 45.2 Å². The van der Waals surface area contributed by atoms with Crippen LogP contribution in [-0.4, -0.2) is 15.7 Å². The van der Waals surface area contributed by atoms with Gasteiger partial charge in [0.2, 0.25) is 0 Å². The predicted molar refractivity (Wildman–Crippen MR) is 82.1 cm³/mol. The van der Waals surface area contributed by atoms with Gasteiger partial charge < -0.3 is 5.32 Å². The minimum absolute atomic E-state index is 0.120. The average Bonchev–Trinajstić information content (AvgIpc) is 2.98. The van der Waals surface area contributed by atoms with Gasteiger partial charge in [0.05, 0.1) is 0 Å². The van der Waals surface area contributed by atoms with E-state index in [9.17, 15) is 4.79 Å². The van der Waals surface area contributed by atoms with Gasteiger partial charge in [-0.3, -0.25) is 9.48 Å². The Morgan fingerprint density at radius 1 is 1.40 bits per heavy atom. The molecule has 1 N–H and O–H groups in total. The lowest BCUT2D eigenvalue weighted by molar-refractivity contribution is 0.102. The summed E-state index contributed by atoms with van der Waals surface area (Å²) in [6.45, 7) is 2.00. The summed E-state index contributed by atoms with van der Waals surface area (Å²) in [5.74, 6) is -0.120. The van der Waals surface area contributed by atoms with Crippen molar-refractivity contribution in [1.82, 2.24) is 9.78 Å². The lowest BCUT2D eigenvalue weighted by Gasteiger charge is -2.06. The molecule has 0 spiro atoms. The molecule has 104 valence electrons. The van der Waals surface area contributed by atoms with Crippen LogP contribution in [0.5, 0.6) is 0 Å². The molecule has 0 aliphatic heterocycles. The molecule has 0 fully saturated rings. The van der Waals surface area contributed by atoms with Crippen LogP contribution in [-0.2, 0) is 19.9 Å². The number of hydrogen-bond acceptors (Lipinski definition) is 2. The number of rotatable bonds is 2. The van der Waals surface area contributed by atoms with E-state index in [1.54, 1.807) is 0 Å². The fraction of sp³-hybridized carbons (Fsp3) is 0.333. The summed E-state index contributed by atoms with van der Waals surface area (Å²) in [6, 6.07) is 5.77. The molecule has 1 heterocycles. The van der Waals surface area contributed by atoms with E-state index in [1.807, 2.05) is 36.9 Å². The quantitative estimate of drug-likeness (QED) is 0.917. The summed E-state index contributed by atoms with van der Waals surface area (Å²) in [5.41, 5.74) is 4.77. The average molecular weight is 334 g/mol. The van der Waals surface area contributed by atoms with Gasteiger partial charge >= 0.3 is 0 Å². The third kappa shape index (κ3) is 2.26. The highest BCUT2D eigenvalue weighted by Gasteiger charge is 2.25. The number of amides is 1. The monoisotopic (exact) mass is 333 g/mol. The number of fused-ring (bicyclic) bond motifs is 1. The molecule has 0 radical (unpaired) electrons. The first kappa shape index (κ1) is 13.4. The molecule has 1 aromatic carbocycles. The molecule has 20 heavy (non-hydrogen) atoms. The van der Waals surface area contributed by atoms with Gasteiger partial charge in [-0.1, -0.05) is 15.9 Å². The van der Waals surface area contributed by atoms with Crippen LogP contribution in [0.25, 0.3) is 0 Å². The van der Waals surface area contributed by atoms with Crippen LogP contribution in [0.1, 0.15) is 33.7 Å². The SMILES string of the molecule is Cc1cc(NC(=O)c2nn(C)c3c2CCC3)ccc1Br. The Bertz CT molecular complexity index is 691.